The van der Waals surface area contributed by atoms with Gasteiger partial charge in [-0.1, -0.05) is 24.3 Å². The molecule has 6 N–H and O–H groups in total. The van der Waals surface area contributed by atoms with Crippen LogP contribution >= 0.6 is 0 Å². The molecule has 0 aliphatic heterocycles. The molecule has 1 aliphatic rings. The number of benzene rings is 2. The van der Waals surface area contributed by atoms with Crippen LogP contribution in [0, 0.1) is 33.6 Å². The Morgan fingerprint density at radius 3 is 1.63 bits per heavy atom. The van der Waals surface area contributed by atoms with Gasteiger partial charge in [-0.05, 0) is 85.6 Å². The zero-order valence-electron chi connectivity index (χ0n) is 17.6. The summed E-state index contributed by atoms with van der Waals surface area (Å²) < 4.78 is 0. The van der Waals surface area contributed by atoms with E-state index in [1.165, 1.54) is 6.08 Å². The van der Waals surface area contributed by atoms with E-state index < -0.39 is 23.2 Å². The van der Waals surface area contributed by atoms with Gasteiger partial charge >= 0.3 is 0 Å². The summed E-state index contributed by atoms with van der Waals surface area (Å²) in [7, 11) is 0. The van der Waals surface area contributed by atoms with Gasteiger partial charge in [0.15, 0.2) is 11.5 Å². The van der Waals surface area contributed by atoms with Crippen molar-refractivity contribution in [2.45, 2.75) is 46.3 Å². The molecular formula is C24H28O6. The summed E-state index contributed by atoms with van der Waals surface area (Å²) in [5, 5.41) is 62.6. The summed E-state index contributed by atoms with van der Waals surface area (Å²) in [6, 6.07) is 6.92. The number of hydrogen-bond acceptors (Lipinski definition) is 6. The molecule has 0 fully saturated rings. The molecule has 160 valence electrons. The molecule has 6 nitrogen and oxygen atoms in total. The van der Waals surface area contributed by atoms with Gasteiger partial charge < -0.3 is 30.6 Å². The number of aryl methyl sites for hydroxylation is 4. The molecule has 6 heteroatoms. The van der Waals surface area contributed by atoms with Crippen LogP contribution in [0.25, 0.3) is 0 Å². The number of phenolic OH excluding ortho intramolecular Hbond substituents is 2. The van der Waals surface area contributed by atoms with E-state index in [0.717, 1.165) is 5.56 Å². The number of phenols is 2. The average Bonchev–Trinajstić information content (AvgIpc) is 2.65. The van der Waals surface area contributed by atoms with E-state index in [0.29, 0.717) is 27.8 Å². The standard InChI is InChI=1S/C24H28O6/c1-12-5-16(6-13(2)21(12)26)9-18-11-20(25)23(28)19(24(18,29)30)10-17-7-14(3)22(27)15(4)8-17/h5-8,11,19,25-30H,9-10H2,1-4H3. The fourth-order valence-electron chi connectivity index (χ4n) is 4.12. The summed E-state index contributed by atoms with van der Waals surface area (Å²) in [6.45, 7) is 7.00. The van der Waals surface area contributed by atoms with E-state index in [1.54, 1.807) is 52.0 Å². The van der Waals surface area contributed by atoms with Crippen LogP contribution in [0.1, 0.15) is 33.4 Å². The van der Waals surface area contributed by atoms with Crippen LogP contribution in [0.5, 0.6) is 11.5 Å². The molecule has 0 radical (unpaired) electrons. The lowest BCUT2D eigenvalue weighted by molar-refractivity contribution is -0.170. The van der Waals surface area contributed by atoms with E-state index >= 15 is 0 Å². The third-order valence-electron chi connectivity index (χ3n) is 5.80. The largest absolute Gasteiger partial charge is 0.508 e. The molecule has 1 aliphatic carbocycles. The van der Waals surface area contributed by atoms with Gasteiger partial charge in [0.25, 0.3) is 0 Å². The summed E-state index contributed by atoms with van der Waals surface area (Å²) >= 11 is 0. The Morgan fingerprint density at radius 2 is 1.17 bits per heavy atom. The molecule has 1 unspecified atom stereocenters. The first-order valence-corrected chi connectivity index (χ1v) is 9.77. The third-order valence-corrected chi connectivity index (χ3v) is 5.80. The first-order chi connectivity index (χ1) is 13.9. The zero-order valence-corrected chi connectivity index (χ0v) is 17.6. The first-order valence-electron chi connectivity index (χ1n) is 9.77. The fourth-order valence-corrected chi connectivity index (χ4v) is 4.12. The molecule has 0 aromatic heterocycles. The van der Waals surface area contributed by atoms with E-state index in [-0.39, 0.29) is 29.9 Å². The highest BCUT2D eigenvalue weighted by atomic mass is 16.5. The van der Waals surface area contributed by atoms with Crippen molar-refractivity contribution in [3.05, 3.63) is 80.8 Å². The minimum Gasteiger partial charge on any atom is -0.508 e. The Labute approximate surface area is 175 Å². The zero-order chi connectivity index (χ0) is 22.4. The fraction of sp³-hybridized carbons (Fsp3) is 0.333. The van der Waals surface area contributed by atoms with Gasteiger partial charge in [-0.15, -0.1) is 0 Å². The second kappa shape index (κ2) is 7.70. The van der Waals surface area contributed by atoms with Gasteiger partial charge in [-0.25, -0.2) is 0 Å². The minimum atomic E-state index is -2.39. The van der Waals surface area contributed by atoms with Crippen LogP contribution in [0.2, 0.25) is 0 Å². The van der Waals surface area contributed by atoms with Gasteiger partial charge in [-0.2, -0.15) is 0 Å². The Kier molecular flexibility index (Phi) is 5.58. The molecule has 0 saturated carbocycles. The number of allylic oxidation sites excluding steroid dienone is 1. The van der Waals surface area contributed by atoms with Gasteiger partial charge in [-0.3, -0.25) is 0 Å². The highest BCUT2D eigenvalue weighted by Gasteiger charge is 2.45. The average molecular weight is 412 g/mol. The lowest BCUT2D eigenvalue weighted by Gasteiger charge is -2.36. The monoisotopic (exact) mass is 412 g/mol. The van der Waals surface area contributed by atoms with Crippen LogP contribution < -0.4 is 0 Å². The maximum Gasteiger partial charge on any atom is 0.197 e. The molecule has 0 spiro atoms. The first kappa shape index (κ1) is 21.7. The quantitative estimate of drug-likeness (QED) is 0.426. The summed E-state index contributed by atoms with van der Waals surface area (Å²) in [4.78, 5) is 0. The van der Waals surface area contributed by atoms with Crippen molar-refractivity contribution in [3.8, 4) is 11.5 Å². The van der Waals surface area contributed by atoms with Crippen molar-refractivity contribution < 1.29 is 30.6 Å². The number of aliphatic hydroxyl groups is 4. The van der Waals surface area contributed by atoms with Crippen molar-refractivity contribution >= 4 is 0 Å². The van der Waals surface area contributed by atoms with Gasteiger partial charge in [0.2, 0.25) is 0 Å². The topological polar surface area (TPSA) is 121 Å². The van der Waals surface area contributed by atoms with Crippen LogP contribution in [0.4, 0.5) is 0 Å². The number of hydrogen-bond donors (Lipinski definition) is 6. The number of aromatic hydroxyl groups is 2. The number of rotatable bonds is 4. The molecule has 0 heterocycles. The van der Waals surface area contributed by atoms with E-state index in [1.807, 2.05) is 0 Å². The van der Waals surface area contributed by atoms with Crippen molar-refractivity contribution in [3.63, 3.8) is 0 Å². The Bertz CT molecular complexity index is 1020. The van der Waals surface area contributed by atoms with Gasteiger partial charge in [0.05, 0.1) is 5.92 Å². The molecule has 0 bridgehead atoms. The lowest BCUT2D eigenvalue weighted by Crippen LogP contribution is -2.45. The smallest absolute Gasteiger partial charge is 0.197 e. The Balaban J connectivity index is 1.97. The van der Waals surface area contributed by atoms with Crippen LogP contribution in [-0.4, -0.2) is 36.4 Å². The van der Waals surface area contributed by atoms with Crippen molar-refractivity contribution in [1.29, 1.82) is 0 Å². The van der Waals surface area contributed by atoms with Crippen molar-refractivity contribution in [2.75, 3.05) is 0 Å². The predicted molar refractivity (Wildman–Crippen MR) is 114 cm³/mol. The summed E-state index contributed by atoms with van der Waals surface area (Å²) in [6.07, 6.45) is 1.35. The lowest BCUT2D eigenvalue weighted by atomic mass is 9.78. The van der Waals surface area contributed by atoms with Gasteiger partial charge in [0, 0.05) is 0 Å². The van der Waals surface area contributed by atoms with E-state index in [4.69, 9.17) is 0 Å². The van der Waals surface area contributed by atoms with Crippen LogP contribution in [-0.2, 0) is 12.8 Å². The molecule has 0 saturated heterocycles. The van der Waals surface area contributed by atoms with E-state index in [2.05, 4.69) is 0 Å². The minimum absolute atomic E-state index is 0.0514. The second-order valence-electron chi connectivity index (χ2n) is 8.26. The molecule has 2 aromatic rings. The summed E-state index contributed by atoms with van der Waals surface area (Å²) in [5.41, 5.74) is 4.18. The molecule has 1 atom stereocenters. The van der Waals surface area contributed by atoms with Crippen LogP contribution in [0.3, 0.4) is 0 Å². The highest BCUT2D eigenvalue weighted by molar-refractivity contribution is 5.46. The third kappa shape index (κ3) is 3.88. The second-order valence-corrected chi connectivity index (χ2v) is 8.26. The molecule has 2 aromatic carbocycles. The Morgan fingerprint density at radius 1 is 0.733 bits per heavy atom. The number of aliphatic hydroxyl groups excluding tert-OH is 2. The Hall–Kier alpha value is -2.96. The SMILES string of the molecule is Cc1cc(CC2=CC(O)=C(O)C(Cc3cc(C)c(O)c(C)c3)C2(O)O)cc(C)c1O. The van der Waals surface area contributed by atoms with Crippen molar-refractivity contribution in [2.24, 2.45) is 5.92 Å². The molecule has 0 amide bonds. The maximum atomic E-state index is 11.0. The normalized spacial score (nSPS) is 18.5. The molecule has 3 rings (SSSR count). The summed E-state index contributed by atoms with van der Waals surface area (Å²) in [5.74, 6) is -4.12. The maximum absolute atomic E-state index is 11.0. The highest BCUT2D eigenvalue weighted by Crippen LogP contribution is 2.39. The van der Waals surface area contributed by atoms with E-state index in [9.17, 15) is 30.6 Å². The molecule has 30 heavy (non-hydrogen) atoms. The van der Waals surface area contributed by atoms with Crippen LogP contribution in [0.15, 0.2) is 47.4 Å². The predicted octanol–water partition coefficient (Wildman–Crippen LogP) is 3.68. The van der Waals surface area contributed by atoms with Gasteiger partial charge in [0.1, 0.15) is 17.3 Å². The molecular weight excluding hydrogens is 384 g/mol. The van der Waals surface area contributed by atoms with Crippen molar-refractivity contribution in [1.82, 2.24) is 0 Å².